The van der Waals surface area contributed by atoms with Crippen molar-refractivity contribution < 1.29 is 9.59 Å². The third-order valence-corrected chi connectivity index (χ3v) is 3.15. The first-order valence-electron chi connectivity index (χ1n) is 6.20. The molecule has 4 nitrogen and oxygen atoms in total. The molecule has 0 radical (unpaired) electrons. The highest BCUT2D eigenvalue weighted by atomic mass is 16.3. The van der Waals surface area contributed by atoms with Crippen molar-refractivity contribution in [3.63, 3.8) is 0 Å². The second-order valence-electron chi connectivity index (χ2n) is 4.47. The SMILES string of the molecule is CC(C(=O)N=O)c1cccc(C(=O)c2ccccc2)c1. The maximum Gasteiger partial charge on any atom is 0.293 e. The maximum absolute atomic E-state index is 12.3. The number of carbonyl (C=O) groups is 2. The molecule has 1 atom stereocenters. The van der Waals surface area contributed by atoms with Crippen LogP contribution in [-0.4, -0.2) is 11.7 Å². The number of rotatable bonds is 4. The molecule has 0 bridgehead atoms. The van der Waals surface area contributed by atoms with Gasteiger partial charge in [-0.1, -0.05) is 48.5 Å². The summed E-state index contributed by atoms with van der Waals surface area (Å²) in [5, 5.41) is 2.42. The van der Waals surface area contributed by atoms with Gasteiger partial charge >= 0.3 is 0 Å². The molecule has 2 aromatic rings. The summed E-state index contributed by atoms with van der Waals surface area (Å²) in [7, 11) is 0. The Hall–Kier alpha value is -2.62. The van der Waals surface area contributed by atoms with Crippen molar-refractivity contribution >= 4 is 11.7 Å². The first kappa shape index (κ1) is 13.8. The van der Waals surface area contributed by atoms with Gasteiger partial charge < -0.3 is 0 Å². The fourth-order valence-electron chi connectivity index (χ4n) is 1.93. The van der Waals surface area contributed by atoms with E-state index in [1.54, 1.807) is 55.5 Å². The van der Waals surface area contributed by atoms with E-state index in [1.165, 1.54) is 0 Å². The molecule has 0 aliphatic rings. The molecule has 0 spiro atoms. The molecule has 0 aliphatic carbocycles. The Labute approximate surface area is 116 Å². The van der Waals surface area contributed by atoms with Crippen molar-refractivity contribution in [2.45, 2.75) is 12.8 Å². The lowest BCUT2D eigenvalue weighted by Gasteiger charge is -2.08. The number of carbonyl (C=O) groups excluding carboxylic acids is 2. The Bertz CT molecular complexity index is 650. The van der Waals surface area contributed by atoms with E-state index in [1.807, 2.05) is 6.07 Å². The smallest absolute Gasteiger partial charge is 0.289 e. The highest BCUT2D eigenvalue weighted by molar-refractivity contribution is 6.09. The summed E-state index contributed by atoms with van der Waals surface area (Å²) in [5.41, 5.74) is 1.67. The lowest BCUT2D eigenvalue weighted by molar-refractivity contribution is -0.119. The molecule has 0 fully saturated rings. The molecule has 0 saturated heterocycles. The van der Waals surface area contributed by atoms with Crippen LogP contribution in [0.3, 0.4) is 0 Å². The Morgan fingerprint density at radius 2 is 1.60 bits per heavy atom. The van der Waals surface area contributed by atoms with Gasteiger partial charge in [0.1, 0.15) is 0 Å². The van der Waals surface area contributed by atoms with Crippen LogP contribution in [0.25, 0.3) is 0 Å². The van der Waals surface area contributed by atoms with Crippen LogP contribution in [0.1, 0.15) is 34.3 Å². The molecule has 0 N–H and O–H groups in total. The summed E-state index contributed by atoms with van der Waals surface area (Å²) >= 11 is 0. The van der Waals surface area contributed by atoms with Crippen LogP contribution in [0.5, 0.6) is 0 Å². The topological polar surface area (TPSA) is 63.6 Å². The van der Waals surface area contributed by atoms with Crippen molar-refractivity contribution in [3.05, 3.63) is 76.2 Å². The molecule has 4 heteroatoms. The molecule has 2 rings (SSSR count). The third kappa shape index (κ3) is 2.85. The molecule has 100 valence electrons. The Morgan fingerprint density at radius 3 is 2.25 bits per heavy atom. The molecule has 0 saturated carbocycles. The zero-order valence-electron chi connectivity index (χ0n) is 10.9. The van der Waals surface area contributed by atoms with Gasteiger partial charge in [0.25, 0.3) is 5.91 Å². The Morgan fingerprint density at radius 1 is 0.950 bits per heavy atom. The quantitative estimate of drug-likeness (QED) is 0.630. The van der Waals surface area contributed by atoms with Gasteiger partial charge in [-0.15, -0.1) is 4.91 Å². The van der Waals surface area contributed by atoms with Gasteiger partial charge in [0, 0.05) is 16.3 Å². The number of benzene rings is 2. The van der Waals surface area contributed by atoms with Crippen LogP contribution in [0.2, 0.25) is 0 Å². The van der Waals surface area contributed by atoms with E-state index in [-0.39, 0.29) is 5.78 Å². The number of ketones is 1. The van der Waals surface area contributed by atoms with E-state index < -0.39 is 11.8 Å². The highest BCUT2D eigenvalue weighted by Gasteiger charge is 2.17. The molecule has 2 aromatic carbocycles. The zero-order chi connectivity index (χ0) is 14.5. The summed E-state index contributed by atoms with van der Waals surface area (Å²) in [6.07, 6.45) is 0. The lowest BCUT2D eigenvalue weighted by Crippen LogP contribution is -2.07. The molecule has 20 heavy (non-hydrogen) atoms. The first-order valence-corrected chi connectivity index (χ1v) is 6.20. The van der Waals surface area contributed by atoms with Crippen molar-refractivity contribution in [3.8, 4) is 0 Å². The van der Waals surface area contributed by atoms with Crippen LogP contribution in [0.4, 0.5) is 0 Å². The Balaban J connectivity index is 2.33. The minimum atomic E-state index is -0.741. The molecule has 0 aliphatic heterocycles. The van der Waals surface area contributed by atoms with E-state index in [2.05, 4.69) is 5.18 Å². The highest BCUT2D eigenvalue weighted by Crippen LogP contribution is 2.19. The van der Waals surface area contributed by atoms with Crippen LogP contribution < -0.4 is 0 Å². The number of amides is 1. The predicted octanol–water partition coefficient (Wildman–Crippen LogP) is 3.31. The van der Waals surface area contributed by atoms with Gasteiger partial charge in [0.2, 0.25) is 0 Å². The van der Waals surface area contributed by atoms with Crippen LogP contribution in [-0.2, 0) is 4.79 Å². The van der Waals surface area contributed by atoms with Crippen molar-refractivity contribution in [2.24, 2.45) is 5.18 Å². The molecule has 1 unspecified atom stereocenters. The van der Waals surface area contributed by atoms with Crippen LogP contribution in [0.15, 0.2) is 59.8 Å². The average Bonchev–Trinajstić information content (AvgIpc) is 2.53. The van der Waals surface area contributed by atoms with Gasteiger partial charge in [0.05, 0.1) is 5.92 Å². The van der Waals surface area contributed by atoms with Gasteiger partial charge in [-0.3, -0.25) is 9.59 Å². The predicted molar refractivity (Wildman–Crippen MR) is 75.5 cm³/mol. The number of hydrogen-bond acceptors (Lipinski definition) is 3. The first-order chi connectivity index (χ1) is 9.63. The number of nitroso groups, excluding NO2 is 1. The summed E-state index contributed by atoms with van der Waals surface area (Å²) in [6, 6.07) is 15.6. The molecule has 0 heterocycles. The van der Waals surface area contributed by atoms with Gasteiger partial charge in [0.15, 0.2) is 5.78 Å². The fraction of sp³-hybridized carbons (Fsp3) is 0.125. The summed E-state index contributed by atoms with van der Waals surface area (Å²) in [6.45, 7) is 1.59. The monoisotopic (exact) mass is 267 g/mol. The van der Waals surface area contributed by atoms with Crippen LogP contribution in [0, 0.1) is 4.91 Å². The van der Waals surface area contributed by atoms with E-state index in [0.717, 1.165) is 0 Å². The molecular weight excluding hydrogens is 254 g/mol. The minimum Gasteiger partial charge on any atom is -0.289 e. The standard InChI is InChI=1S/C16H13NO3/c1-11(16(19)17-20)13-8-5-9-14(10-13)15(18)12-6-3-2-4-7-12/h2-11H,1H3. The minimum absolute atomic E-state index is 0.119. The maximum atomic E-state index is 12.3. The second kappa shape index (κ2) is 6.02. The third-order valence-electron chi connectivity index (χ3n) is 3.15. The van der Waals surface area contributed by atoms with Gasteiger partial charge in [-0.2, -0.15) is 0 Å². The van der Waals surface area contributed by atoms with E-state index in [4.69, 9.17) is 0 Å². The zero-order valence-corrected chi connectivity index (χ0v) is 10.9. The van der Waals surface area contributed by atoms with Gasteiger partial charge in [-0.25, -0.2) is 0 Å². The normalized spacial score (nSPS) is 11.7. The largest absolute Gasteiger partial charge is 0.293 e. The summed E-state index contributed by atoms with van der Waals surface area (Å²) in [5.74, 6) is -1.50. The van der Waals surface area contributed by atoms with Crippen molar-refractivity contribution in [1.82, 2.24) is 0 Å². The summed E-state index contributed by atoms with van der Waals surface area (Å²) in [4.78, 5) is 33.9. The van der Waals surface area contributed by atoms with E-state index in [0.29, 0.717) is 16.7 Å². The second-order valence-corrected chi connectivity index (χ2v) is 4.47. The van der Waals surface area contributed by atoms with Gasteiger partial charge in [-0.05, 0) is 18.6 Å². The molecule has 0 aromatic heterocycles. The van der Waals surface area contributed by atoms with E-state index >= 15 is 0 Å². The molecular formula is C16H13NO3. The fourth-order valence-corrected chi connectivity index (χ4v) is 1.93. The lowest BCUT2D eigenvalue weighted by atomic mass is 9.95. The number of hydrogen-bond donors (Lipinski definition) is 0. The van der Waals surface area contributed by atoms with Crippen molar-refractivity contribution in [1.29, 1.82) is 0 Å². The Kier molecular flexibility index (Phi) is 4.15. The van der Waals surface area contributed by atoms with E-state index in [9.17, 15) is 14.5 Å². The average molecular weight is 267 g/mol. The summed E-state index contributed by atoms with van der Waals surface area (Å²) < 4.78 is 0. The number of nitrogens with zero attached hydrogens (tertiary/aromatic N) is 1. The van der Waals surface area contributed by atoms with Crippen LogP contribution >= 0.6 is 0 Å². The molecule has 1 amide bonds. The van der Waals surface area contributed by atoms with Crippen molar-refractivity contribution in [2.75, 3.05) is 0 Å².